The van der Waals surface area contributed by atoms with Gasteiger partial charge >= 0.3 is 0 Å². The molecule has 2 rings (SSSR count). The Hall–Kier alpha value is -1.98. The predicted octanol–water partition coefficient (Wildman–Crippen LogP) is 2.34. The van der Waals surface area contributed by atoms with Crippen molar-refractivity contribution < 1.29 is 18.4 Å². The first-order chi connectivity index (χ1) is 10.4. The molecule has 0 aromatic heterocycles. The van der Waals surface area contributed by atoms with E-state index in [0.717, 1.165) is 12.1 Å². The van der Waals surface area contributed by atoms with Gasteiger partial charge in [0.1, 0.15) is 0 Å². The number of piperidine rings is 1. The largest absolute Gasteiger partial charge is 0.353 e. The van der Waals surface area contributed by atoms with E-state index in [9.17, 15) is 18.4 Å². The number of hydrogen-bond acceptors (Lipinski definition) is 2. The number of nitrogens with one attached hydrogen (secondary N) is 1. The molecule has 0 unspecified atom stereocenters. The maximum absolute atomic E-state index is 13.2. The van der Waals surface area contributed by atoms with Gasteiger partial charge in [0, 0.05) is 30.6 Å². The number of hydrogen-bond donors (Lipinski definition) is 1. The summed E-state index contributed by atoms with van der Waals surface area (Å²) in [6.07, 6.45) is 1.32. The zero-order valence-electron chi connectivity index (χ0n) is 12.7. The van der Waals surface area contributed by atoms with Crippen LogP contribution in [0.5, 0.6) is 0 Å². The number of benzene rings is 1. The summed E-state index contributed by atoms with van der Waals surface area (Å²) < 4.78 is 26.1. The van der Waals surface area contributed by atoms with Crippen LogP contribution in [0.25, 0.3) is 0 Å². The summed E-state index contributed by atoms with van der Waals surface area (Å²) in [5, 5.41) is 2.95. The molecular weight excluding hydrogens is 290 g/mol. The first-order valence-electron chi connectivity index (χ1n) is 7.43. The summed E-state index contributed by atoms with van der Waals surface area (Å²) in [5.74, 6) is -2.36. The van der Waals surface area contributed by atoms with Crippen LogP contribution in [0.1, 0.15) is 37.0 Å². The lowest BCUT2D eigenvalue weighted by molar-refractivity contribution is -0.124. The molecule has 22 heavy (non-hydrogen) atoms. The smallest absolute Gasteiger partial charge is 0.253 e. The van der Waals surface area contributed by atoms with E-state index in [-0.39, 0.29) is 29.3 Å². The highest BCUT2D eigenvalue weighted by molar-refractivity contribution is 5.94. The lowest BCUT2D eigenvalue weighted by Gasteiger charge is -2.32. The van der Waals surface area contributed by atoms with Crippen LogP contribution in [0.2, 0.25) is 0 Å². The van der Waals surface area contributed by atoms with Gasteiger partial charge in [-0.25, -0.2) is 8.78 Å². The molecule has 2 amide bonds. The average Bonchev–Trinajstić information content (AvgIpc) is 2.50. The molecule has 0 radical (unpaired) electrons. The van der Waals surface area contributed by atoms with Crippen LogP contribution >= 0.6 is 0 Å². The molecular formula is C16H20F2N2O2. The molecule has 4 nitrogen and oxygen atoms in total. The van der Waals surface area contributed by atoms with Crippen LogP contribution in [0.4, 0.5) is 8.78 Å². The Labute approximate surface area is 128 Å². The topological polar surface area (TPSA) is 49.4 Å². The van der Waals surface area contributed by atoms with E-state index >= 15 is 0 Å². The Balaban J connectivity index is 1.92. The SMILES string of the molecule is CC(C)C(=O)NC1CCN(C(=O)c2ccc(F)c(F)c2)CC1. The fraction of sp³-hybridized carbons (Fsp3) is 0.500. The first kappa shape index (κ1) is 16.4. The van der Waals surface area contributed by atoms with Gasteiger partial charge in [0.2, 0.25) is 5.91 Å². The van der Waals surface area contributed by atoms with Crippen LogP contribution < -0.4 is 5.32 Å². The van der Waals surface area contributed by atoms with Crippen molar-refractivity contribution in [2.24, 2.45) is 5.92 Å². The fourth-order valence-electron chi connectivity index (χ4n) is 2.41. The zero-order valence-corrected chi connectivity index (χ0v) is 12.7. The number of carbonyl (C=O) groups is 2. The summed E-state index contributed by atoms with van der Waals surface area (Å²) in [5.41, 5.74) is 0.142. The molecule has 0 saturated carbocycles. The monoisotopic (exact) mass is 310 g/mol. The summed E-state index contributed by atoms with van der Waals surface area (Å²) in [7, 11) is 0. The standard InChI is InChI=1S/C16H20F2N2O2/c1-10(2)15(21)19-12-5-7-20(8-6-12)16(22)11-3-4-13(17)14(18)9-11/h3-4,9-10,12H,5-8H2,1-2H3,(H,19,21). The van der Waals surface area contributed by atoms with Gasteiger partial charge in [-0.15, -0.1) is 0 Å². The van der Waals surface area contributed by atoms with Crippen molar-refractivity contribution in [1.29, 1.82) is 0 Å². The summed E-state index contributed by atoms with van der Waals surface area (Å²) in [6, 6.07) is 3.22. The highest BCUT2D eigenvalue weighted by atomic mass is 19.2. The molecule has 0 atom stereocenters. The van der Waals surface area contributed by atoms with Gasteiger partial charge in [0.15, 0.2) is 11.6 Å². The predicted molar refractivity (Wildman–Crippen MR) is 78.3 cm³/mol. The number of halogens is 2. The quantitative estimate of drug-likeness (QED) is 0.931. The van der Waals surface area contributed by atoms with Crippen LogP contribution in [0.15, 0.2) is 18.2 Å². The molecule has 0 bridgehead atoms. The second kappa shape index (κ2) is 6.85. The molecule has 1 heterocycles. The molecule has 120 valence electrons. The Kier molecular flexibility index (Phi) is 5.11. The van der Waals surface area contributed by atoms with Crippen molar-refractivity contribution in [2.45, 2.75) is 32.7 Å². The third kappa shape index (κ3) is 3.81. The molecule has 1 N–H and O–H groups in total. The lowest BCUT2D eigenvalue weighted by Crippen LogP contribution is -2.47. The van der Waals surface area contributed by atoms with Crippen LogP contribution in [-0.2, 0) is 4.79 Å². The molecule has 1 aromatic carbocycles. The third-order valence-electron chi connectivity index (χ3n) is 3.82. The Morgan fingerprint density at radius 1 is 1.18 bits per heavy atom. The molecule has 1 fully saturated rings. The minimum absolute atomic E-state index is 0.00498. The molecule has 1 aliphatic heterocycles. The molecule has 0 spiro atoms. The maximum atomic E-state index is 13.2. The van der Waals surface area contributed by atoms with Gasteiger partial charge in [-0.3, -0.25) is 9.59 Å². The minimum Gasteiger partial charge on any atom is -0.353 e. The highest BCUT2D eigenvalue weighted by Crippen LogP contribution is 2.16. The van der Waals surface area contributed by atoms with E-state index in [1.165, 1.54) is 6.07 Å². The van der Waals surface area contributed by atoms with Crippen molar-refractivity contribution in [3.05, 3.63) is 35.4 Å². The molecule has 1 aliphatic rings. The lowest BCUT2D eigenvalue weighted by atomic mass is 10.0. The normalized spacial score (nSPS) is 16.0. The van der Waals surface area contributed by atoms with E-state index in [1.807, 2.05) is 13.8 Å². The number of likely N-dealkylation sites (tertiary alicyclic amines) is 1. The second-order valence-electron chi connectivity index (χ2n) is 5.86. The van der Waals surface area contributed by atoms with Crippen molar-refractivity contribution in [2.75, 3.05) is 13.1 Å². The molecule has 1 saturated heterocycles. The number of nitrogens with zero attached hydrogens (tertiary/aromatic N) is 1. The van der Waals surface area contributed by atoms with Gasteiger partial charge < -0.3 is 10.2 Å². The van der Waals surface area contributed by atoms with E-state index in [2.05, 4.69) is 5.32 Å². The summed E-state index contributed by atoms with van der Waals surface area (Å²) >= 11 is 0. The van der Waals surface area contributed by atoms with Crippen molar-refractivity contribution in [1.82, 2.24) is 10.2 Å². The van der Waals surface area contributed by atoms with Crippen molar-refractivity contribution >= 4 is 11.8 Å². The average molecular weight is 310 g/mol. The van der Waals surface area contributed by atoms with E-state index < -0.39 is 11.6 Å². The second-order valence-corrected chi connectivity index (χ2v) is 5.86. The first-order valence-corrected chi connectivity index (χ1v) is 7.43. The van der Waals surface area contributed by atoms with E-state index in [1.54, 1.807) is 4.90 Å². The number of carbonyl (C=O) groups excluding carboxylic acids is 2. The van der Waals surface area contributed by atoms with Crippen LogP contribution in [0.3, 0.4) is 0 Å². The van der Waals surface area contributed by atoms with Gasteiger partial charge in [-0.05, 0) is 31.0 Å². The Morgan fingerprint density at radius 2 is 1.82 bits per heavy atom. The van der Waals surface area contributed by atoms with Crippen molar-refractivity contribution in [3.8, 4) is 0 Å². The van der Waals surface area contributed by atoms with Gasteiger partial charge in [0.05, 0.1) is 0 Å². The van der Waals surface area contributed by atoms with E-state index in [0.29, 0.717) is 25.9 Å². The Morgan fingerprint density at radius 3 is 2.36 bits per heavy atom. The Bertz CT molecular complexity index is 567. The highest BCUT2D eigenvalue weighted by Gasteiger charge is 2.25. The zero-order chi connectivity index (χ0) is 16.3. The van der Waals surface area contributed by atoms with Gasteiger partial charge in [-0.1, -0.05) is 13.8 Å². The number of amides is 2. The third-order valence-corrected chi connectivity index (χ3v) is 3.82. The summed E-state index contributed by atoms with van der Waals surface area (Å²) in [6.45, 7) is 4.63. The number of rotatable bonds is 3. The van der Waals surface area contributed by atoms with Gasteiger partial charge in [-0.2, -0.15) is 0 Å². The van der Waals surface area contributed by atoms with Gasteiger partial charge in [0.25, 0.3) is 5.91 Å². The summed E-state index contributed by atoms with van der Waals surface area (Å²) in [4.78, 5) is 25.5. The fourth-order valence-corrected chi connectivity index (χ4v) is 2.41. The molecule has 0 aliphatic carbocycles. The minimum atomic E-state index is -1.02. The van der Waals surface area contributed by atoms with Crippen molar-refractivity contribution in [3.63, 3.8) is 0 Å². The van der Waals surface area contributed by atoms with E-state index in [4.69, 9.17) is 0 Å². The van der Waals surface area contributed by atoms with Crippen LogP contribution in [0, 0.1) is 17.6 Å². The van der Waals surface area contributed by atoms with Crippen LogP contribution in [-0.4, -0.2) is 35.8 Å². The molecule has 6 heteroatoms. The molecule has 1 aromatic rings. The maximum Gasteiger partial charge on any atom is 0.253 e.